The molecule has 0 aliphatic carbocycles. The third kappa shape index (κ3) is 4.89. The predicted molar refractivity (Wildman–Crippen MR) is 102 cm³/mol. The second-order valence-electron chi connectivity index (χ2n) is 9.56. The van der Waals surface area contributed by atoms with Crippen molar-refractivity contribution in [2.45, 2.75) is 66.0 Å². The van der Waals surface area contributed by atoms with Crippen LogP contribution in [0.1, 0.15) is 54.9 Å². The van der Waals surface area contributed by atoms with Crippen molar-refractivity contribution in [3.63, 3.8) is 0 Å². The number of nitrogens with zero attached hydrogens (tertiary/aromatic N) is 3. The van der Waals surface area contributed by atoms with Crippen molar-refractivity contribution in [3.05, 3.63) is 0 Å². The molecule has 2 atom stereocenters. The molecule has 2 rings (SSSR count). The molecule has 0 unspecified atom stereocenters. The first-order chi connectivity index (χ1) is 11.7. The van der Waals surface area contributed by atoms with Crippen LogP contribution in [-0.4, -0.2) is 71.9 Å². The molecule has 26 heavy (non-hydrogen) atoms. The third-order valence-electron chi connectivity index (χ3n) is 4.92. The zero-order valence-corrected chi connectivity index (χ0v) is 18.1. The second kappa shape index (κ2) is 7.28. The van der Waals surface area contributed by atoms with Crippen LogP contribution >= 0.6 is 0 Å². The average molecular weight is 390 g/mol. The number of piperazine rings is 1. The molecule has 7 nitrogen and oxygen atoms in total. The normalized spacial score (nSPS) is 28.8. The minimum absolute atomic E-state index is 0.286. The highest BCUT2D eigenvalue weighted by Gasteiger charge is 2.46. The van der Waals surface area contributed by atoms with Crippen molar-refractivity contribution in [1.29, 1.82) is 0 Å². The minimum Gasteiger partial charge on any atom is -0.444 e. The van der Waals surface area contributed by atoms with Gasteiger partial charge in [-0.2, -0.15) is 17.0 Å². The first-order valence-electron chi connectivity index (χ1n) is 9.48. The summed E-state index contributed by atoms with van der Waals surface area (Å²) in [5.74, 6) is 0.722. The van der Waals surface area contributed by atoms with Gasteiger partial charge in [0.2, 0.25) is 0 Å². The molecule has 0 radical (unpaired) electrons. The van der Waals surface area contributed by atoms with Crippen molar-refractivity contribution >= 4 is 16.3 Å². The third-order valence-corrected chi connectivity index (χ3v) is 7.10. The fraction of sp³-hybridized carbons (Fsp3) is 0.944. The maximum Gasteiger partial charge on any atom is 0.410 e. The Labute approximate surface area is 158 Å². The van der Waals surface area contributed by atoms with Crippen molar-refractivity contribution in [2.75, 3.05) is 32.7 Å². The Bertz CT molecular complexity index is 617. The summed E-state index contributed by atoms with van der Waals surface area (Å²) < 4.78 is 35.2. The minimum atomic E-state index is -3.55. The summed E-state index contributed by atoms with van der Waals surface area (Å²) >= 11 is 0. The van der Waals surface area contributed by atoms with E-state index in [1.54, 1.807) is 13.5 Å². The summed E-state index contributed by atoms with van der Waals surface area (Å²) in [5.41, 5.74) is -1.25. The standard InChI is InChI=1S/C18H35N3O4S/c1-14-10-15(2)12-20(11-14)26(23,24)21-9-8-19(13-18(21,6)7)16(22)25-17(3,4)5/h14-15H,8-13H2,1-7H3/t14-,15+. The smallest absolute Gasteiger partial charge is 0.410 e. The monoisotopic (exact) mass is 389 g/mol. The second-order valence-corrected chi connectivity index (χ2v) is 11.4. The summed E-state index contributed by atoms with van der Waals surface area (Å²) in [5, 5.41) is 0. The van der Waals surface area contributed by atoms with E-state index in [0.717, 1.165) is 6.42 Å². The first-order valence-corrected chi connectivity index (χ1v) is 10.9. The van der Waals surface area contributed by atoms with Crippen LogP contribution in [-0.2, 0) is 14.9 Å². The van der Waals surface area contributed by atoms with Gasteiger partial charge in [0.05, 0.1) is 0 Å². The number of piperidine rings is 1. The van der Waals surface area contributed by atoms with Crippen LogP contribution < -0.4 is 0 Å². The molecule has 2 fully saturated rings. The molecule has 0 spiro atoms. The Balaban J connectivity index is 2.13. The van der Waals surface area contributed by atoms with Gasteiger partial charge in [-0.3, -0.25) is 0 Å². The molecule has 1 amide bonds. The Hall–Kier alpha value is -0.860. The molecule has 152 valence electrons. The van der Waals surface area contributed by atoms with Crippen molar-refractivity contribution < 1.29 is 17.9 Å². The highest BCUT2D eigenvalue weighted by molar-refractivity contribution is 7.86. The van der Waals surface area contributed by atoms with E-state index in [0.29, 0.717) is 38.0 Å². The van der Waals surface area contributed by atoms with E-state index in [4.69, 9.17) is 4.74 Å². The largest absolute Gasteiger partial charge is 0.444 e. The SMILES string of the molecule is C[C@@H]1C[C@H](C)CN(S(=O)(=O)N2CCN(C(=O)OC(C)(C)C)CC2(C)C)C1. The van der Waals surface area contributed by atoms with Crippen LogP contribution in [0.2, 0.25) is 0 Å². The number of carbonyl (C=O) groups is 1. The van der Waals surface area contributed by atoms with Crippen LogP contribution in [0.5, 0.6) is 0 Å². The molecule has 0 bridgehead atoms. The lowest BCUT2D eigenvalue weighted by Crippen LogP contribution is -2.65. The van der Waals surface area contributed by atoms with E-state index < -0.39 is 21.3 Å². The van der Waals surface area contributed by atoms with E-state index in [1.807, 2.05) is 34.6 Å². The van der Waals surface area contributed by atoms with Crippen LogP contribution in [0.4, 0.5) is 4.79 Å². The molecular formula is C18H35N3O4S. The van der Waals surface area contributed by atoms with Crippen LogP contribution in [0.15, 0.2) is 0 Å². The average Bonchev–Trinajstić information content (AvgIpc) is 2.42. The van der Waals surface area contributed by atoms with Gasteiger partial charge in [-0.25, -0.2) is 4.79 Å². The maximum absolute atomic E-state index is 13.3. The summed E-state index contributed by atoms with van der Waals surface area (Å²) in [6.45, 7) is 15.5. The zero-order valence-electron chi connectivity index (χ0n) is 17.3. The van der Waals surface area contributed by atoms with E-state index in [-0.39, 0.29) is 12.6 Å². The summed E-state index contributed by atoms with van der Waals surface area (Å²) in [6.07, 6.45) is 0.671. The molecule has 2 saturated heterocycles. The number of rotatable bonds is 2. The molecule has 2 heterocycles. The lowest BCUT2D eigenvalue weighted by atomic mass is 9.94. The van der Waals surface area contributed by atoms with Gasteiger partial charge < -0.3 is 9.64 Å². The lowest BCUT2D eigenvalue weighted by Gasteiger charge is -2.48. The van der Waals surface area contributed by atoms with E-state index >= 15 is 0 Å². The molecule has 0 saturated carbocycles. The molecule has 2 aliphatic heterocycles. The predicted octanol–water partition coefficient (Wildman–Crippen LogP) is 2.54. The van der Waals surface area contributed by atoms with Gasteiger partial charge in [0.1, 0.15) is 5.60 Å². The number of hydrogen-bond donors (Lipinski definition) is 0. The van der Waals surface area contributed by atoms with Crippen molar-refractivity contribution in [2.24, 2.45) is 11.8 Å². The maximum atomic E-state index is 13.3. The van der Waals surface area contributed by atoms with Crippen molar-refractivity contribution in [3.8, 4) is 0 Å². The van der Waals surface area contributed by atoms with E-state index in [2.05, 4.69) is 13.8 Å². The topological polar surface area (TPSA) is 70.2 Å². The number of carbonyl (C=O) groups excluding carboxylic acids is 1. The highest BCUT2D eigenvalue weighted by Crippen LogP contribution is 2.30. The molecule has 0 aromatic heterocycles. The van der Waals surface area contributed by atoms with Gasteiger partial charge in [-0.1, -0.05) is 13.8 Å². The molecular weight excluding hydrogens is 354 g/mol. The number of amides is 1. The Morgan fingerprint density at radius 2 is 1.62 bits per heavy atom. The summed E-state index contributed by atoms with van der Waals surface area (Å²) in [7, 11) is -3.55. The van der Waals surface area contributed by atoms with Crippen LogP contribution in [0, 0.1) is 11.8 Å². The molecule has 0 aromatic rings. The van der Waals surface area contributed by atoms with Crippen LogP contribution in [0.25, 0.3) is 0 Å². The number of ether oxygens (including phenoxy) is 1. The van der Waals surface area contributed by atoms with Gasteiger partial charge in [0, 0.05) is 38.3 Å². The summed E-state index contributed by atoms with van der Waals surface area (Å²) in [4.78, 5) is 14.0. The van der Waals surface area contributed by atoms with Crippen LogP contribution in [0.3, 0.4) is 0 Å². The Morgan fingerprint density at radius 3 is 2.08 bits per heavy atom. The van der Waals surface area contributed by atoms with Crippen molar-refractivity contribution in [1.82, 2.24) is 13.5 Å². The van der Waals surface area contributed by atoms with E-state index in [9.17, 15) is 13.2 Å². The zero-order chi connectivity index (χ0) is 19.9. The molecule has 2 aliphatic rings. The van der Waals surface area contributed by atoms with E-state index in [1.165, 1.54) is 0 Å². The van der Waals surface area contributed by atoms with Gasteiger partial charge in [-0.05, 0) is 52.9 Å². The Kier molecular flexibility index (Phi) is 6.00. The quantitative estimate of drug-likeness (QED) is 0.728. The van der Waals surface area contributed by atoms with Gasteiger partial charge >= 0.3 is 6.09 Å². The summed E-state index contributed by atoms with van der Waals surface area (Å²) in [6, 6.07) is 0. The van der Waals surface area contributed by atoms with Gasteiger partial charge in [-0.15, -0.1) is 0 Å². The Morgan fingerprint density at radius 1 is 1.08 bits per heavy atom. The fourth-order valence-corrected chi connectivity index (χ4v) is 6.14. The first kappa shape index (κ1) is 21.4. The molecule has 0 N–H and O–H groups in total. The molecule has 0 aromatic carbocycles. The number of hydrogen-bond acceptors (Lipinski definition) is 4. The van der Waals surface area contributed by atoms with Gasteiger partial charge in [0.15, 0.2) is 0 Å². The lowest BCUT2D eigenvalue weighted by molar-refractivity contribution is 0.00222. The molecule has 8 heteroatoms. The van der Waals surface area contributed by atoms with Gasteiger partial charge in [0.25, 0.3) is 10.2 Å². The fourth-order valence-electron chi connectivity index (χ4n) is 3.98. The highest BCUT2D eigenvalue weighted by atomic mass is 32.2.